The van der Waals surface area contributed by atoms with Crippen LogP contribution in [0.2, 0.25) is 5.02 Å². The minimum atomic E-state index is -0.572. The Morgan fingerprint density at radius 3 is 2.40 bits per heavy atom. The minimum Gasteiger partial charge on any atom is -0.360 e. The molecule has 0 fully saturated rings. The number of aromatic amines is 1. The highest BCUT2D eigenvalue weighted by atomic mass is 35.5. The van der Waals surface area contributed by atoms with Gasteiger partial charge in [0.25, 0.3) is 0 Å². The number of hydrogen-bond acceptors (Lipinski definition) is 2. The third-order valence-corrected chi connectivity index (χ3v) is 8.80. The van der Waals surface area contributed by atoms with E-state index in [0.29, 0.717) is 23.7 Å². The molecule has 0 atom stereocenters. The van der Waals surface area contributed by atoms with Crippen molar-refractivity contribution in [3.63, 3.8) is 0 Å². The van der Waals surface area contributed by atoms with E-state index in [0.717, 1.165) is 63.6 Å². The van der Waals surface area contributed by atoms with Crippen LogP contribution in [0.1, 0.15) is 61.2 Å². The first-order chi connectivity index (χ1) is 19.1. The van der Waals surface area contributed by atoms with Gasteiger partial charge in [0.05, 0.1) is 33.2 Å². The van der Waals surface area contributed by atoms with Gasteiger partial charge in [0.15, 0.2) is 0 Å². The quantitative estimate of drug-likeness (QED) is 0.226. The van der Waals surface area contributed by atoms with E-state index in [1.807, 2.05) is 6.20 Å². The number of fused-ring (bicyclic) bond motifs is 2. The molecule has 3 heterocycles. The molecule has 1 N–H and O–H groups in total. The number of benzene rings is 3. The van der Waals surface area contributed by atoms with Gasteiger partial charge in [-0.1, -0.05) is 61.8 Å². The Morgan fingerprint density at radius 2 is 1.73 bits per heavy atom. The molecule has 4 nitrogen and oxygen atoms in total. The molecule has 0 radical (unpaired) electrons. The number of H-pyrrole nitrogens is 1. The largest absolute Gasteiger partial charge is 0.360 e. The highest BCUT2D eigenvalue weighted by Crippen LogP contribution is 2.47. The molecule has 6 rings (SSSR count). The molecule has 0 saturated carbocycles. The van der Waals surface area contributed by atoms with Crippen LogP contribution in [0.5, 0.6) is 0 Å². The number of rotatable bonds is 6. The lowest BCUT2D eigenvalue weighted by molar-refractivity contribution is 0.121. The summed E-state index contributed by atoms with van der Waals surface area (Å²) in [7, 11) is 0. The summed E-state index contributed by atoms with van der Waals surface area (Å²) in [5.74, 6) is -1.11. The summed E-state index contributed by atoms with van der Waals surface area (Å²) in [6.45, 7) is 11.6. The van der Waals surface area contributed by atoms with Crippen LogP contribution in [0.4, 0.5) is 8.78 Å². The van der Waals surface area contributed by atoms with E-state index in [9.17, 15) is 8.78 Å². The third-order valence-electron chi connectivity index (χ3n) is 8.51. The molecule has 0 amide bonds. The molecular formula is C33H33ClF2N4. The van der Waals surface area contributed by atoms with Crippen molar-refractivity contribution >= 4 is 22.5 Å². The number of aryl methyl sites for hydroxylation is 3. The fraction of sp³-hybridized carbons (Fsp3) is 0.303. The average molecular weight is 559 g/mol. The molecule has 206 valence electrons. The van der Waals surface area contributed by atoms with Gasteiger partial charge in [-0.2, -0.15) is 5.10 Å². The van der Waals surface area contributed by atoms with Crippen LogP contribution in [0, 0.1) is 18.6 Å². The standard InChI is InChI=1S/C33H33ClF2N4/c1-6-20-9-8-10-21(7-2)30(20)40-31(24-14-11-19(3)29-28(24)26(34)16-37-29)25-18-39(33(4,5)32(25)38-40)17-22-12-13-23(35)15-27(22)36/h8-16,37H,6-7,17-18H2,1-5H3. The van der Waals surface area contributed by atoms with Gasteiger partial charge in [0, 0.05) is 47.4 Å². The number of hydrogen-bond donors (Lipinski definition) is 1. The molecule has 5 aromatic rings. The number of aromatic nitrogens is 3. The predicted octanol–water partition coefficient (Wildman–Crippen LogP) is 8.64. The first-order valence-electron chi connectivity index (χ1n) is 13.8. The lowest BCUT2D eigenvalue weighted by atomic mass is 9.96. The van der Waals surface area contributed by atoms with Crippen LogP contribution in [-0.2, 0) is 31.5 Å². The predicted molar refractivity (Wildman–Crippen MR) is 158 cm³/mol. The lowest BCUT2D eigenvalue weighted by Crippen LogP contribution is -2.36. The van der Waals surface area contributed by atoms with Gasteiger partial charge in [0.1, 0.15) is 11.6 Å². The summed E-state index contributed by atoms with van der Waals surface area (Å²) < 4.78 is 30.5. The molecular weight excluding hydrogens is 526 g/mol. The maximum atomic E-state index is 14.7. The van der Waals surface area contributed by atoms with Gasteiger partial charge in [-0.05, 0) is 56.4 Å². The summed E-state index contributed by atoms with van der Waals surface area (Å²) in [5, 5.41) is 6.98. The smallest absolute Gasteiger partial charge is 0.130 e. The number of halogens is 3. The zero-order chi connectivity index (χ0) is 28.3. The summed E-state index contributed by atoms with van der Waals surface area (Å²) in [4.78, 5) is 5.57. The number of nitrogens with one attached hydrogen (secondary N) is 1. The van der Waals surface area contributed by atoms with Gasteiger partial charge in [-0.3, -0.25) is 4.90 Å². The van der Waals surface area contributed by atoms with Gasteiger partial charge >= 0.3 is 0 Å². The second kappa shape index (κ2) is 9.86. The second-order valence-electron chi connectivity index (χ2n) is 11.2. The first-order valence-corrected chi connectivity index (χ1v) is 14.2. The molecule has 0 unspecified atom stereocenters. The summed E-state index contributed by atoms with van der Waals surface area (Å²) in [5.41, 5.74) is 9.75. The van der Waals surface area contributed by atoms with Crippen LogP contribution in [0.25, 0.3) is 27.8 Å². The second-order valence-corrected chi connectivity index (χ2v) is 11.6. The summed E-state index contributed by atoms with van der Waals surface area (Å²) in [6, 6.07) is 14.5. The molecule has 0 saturated heterocycles. The van der Waals surface area contributed by atoms with Gasteiger partial charge in [0.2, 0.25) is 0 Å². The third kappa shape index (κ3) is 4.08. The zero-order valence-corrected chi connectivity index (χ0v) is 24.3. The van der Waals surface area contributed by atoms with E-state index in [4.69, 9.17) is 16.7 Å². The van der Waals surface area contributed by atoms with Crippen molar-refractivity contribution in [1.29, 1.82) is 0 Å². The van der Waals surface area contributed by atoms with Crippen molar-refractivity contribution < 1.29 is 8.78 Å². The van der Waals surface area contributed by atoms with Crippen molar-refractivity contribution in [2.75, 3.05) is 0 Å². The molecule has 7 heteroatoms. The van der Waals surface area contributed by atoms with E-state index < -0.39 is 17.2 Å². The van der Waals surface area contributed by atoms with Crippen LogP contribution in [0.3, 0.4) is 0 Å². The van der Waals surface area contributed by atoms with Crippen LogP contribution < -0.4 is 0 Å². The van der Waals surface area contributed by atoms with E-state index in [1.54, 1.807) is 0 Å². The van der Waals surface area contributed by atoms with Crippen LogP contribution >= 0.6 is 11.6 Å². The Balaban J connectivity index is 1.61. The Morgan fingerprint density at radius 1 is 1.00 bits per heavy atom. The van der Waals surface area contributed by atoms with Crippen molar-refractivity contribution in [2.45, 2.75) is 66.1 Å². The van der Waals surface area contributed by atoms with E-state index in [-0.39, 0.29) is 0 Å². The van der Waals surface area contributed by atoms with Crippen molar-refractivity contribution in [3.8, 4) is 16.9 Å². The van der Waals surface area contributed by atoms with E-state index >= 15 is 0 Å². The maximum Gasteiger partial charge on any atom is 0.130 e. The SMILES string of the molecule is CCc1cccc(CC)c1-n1nc2c(c1-c1ccc(C)c3[nH]cc(Cl)c13)CN(Cc1ccc(F)cc1F)C2(C)C. The van der Waals surface area contributed by atoms with Crippen molar-refractivity contribution in [3.05, 3.63) is 105 Å². The van der Waals surface area contributed by atoms with Crippen molar-refractivity contribution in [2.24, 2.45) is 0 Å². The molecule has 0 aliphatic carbocycles. The fourth-order valence-corrected chi connectivity index (χ4v) is 6.46. The van der Waals surface area contributed by atoms with Gasteiger partial charge < -0.3 is 4.98 Å². The Hall–Kier alpha value is -3.48. The van der Waals surface area contributed by atoms with Gasteiger partial charge in [-0.15, -0.1) is 0 Å². The lowest BCUT2D eigenvalue weighted by Gasteiger charge is -2.32. The Bertz CT molecular complexity index is 1740. The van der Waals surface area contributed by atoms with Crippen LogP contribution in [0.15, 0.2) is 54.7 Å². The molecule has 40 heavy (non-hydrogen) atoms. The fourth-order valence-electron chi connectivity index (χ4n) is 6.21. The van der Waals surface area contributed by atoms with E-state index in [2.05, 4.69) is 79.5 Å². The molecule has 1 aliphatic heterocycles. The molecule has 1 aliphatic rings. The summed E-state index contributed by atoms with van der Waals surface area (Å²) >= 11 is 6.81. The van der Waals surface area contributed by atoms with E-state index in [1.165, 1.54) is 23.3 Å². The summed E-state index contributed by atoms with van der Waals surface area (Å²) in [6.07, 6.45) is 3.59. The number of nitrogens with zero attached hydrogens (tertiary/aromatic N) is 3. The Labute approximate surface area is 238 Å². The highest BCUT2D eigenvalue weighted by molar-refractivity contribution is 6.36. The Kier molecular flexibility index (Phi) is 6.59. The van der Waals surface area contributed by atoms with Crippen molar-refractivity contribution in [1.82, 2.24) is 19.7 Å². The minimum absolute atomic E-state index is 0.342. The molecule has 3 aromatic carbocycles. The maximum absolute atomic E-state index is 14.7. The molecule has 2 aromatic heterocycles. The number of para-hydroxylation sites is 1. The monoisotopic (exact) mass is 558 g/mol. The topological polar surface area (TPSA) is 36.9 Å². The first kappa shape index (κ1) is 26.7. The molecule has 0 bridgehead atoms. The average Bonchev–Trinajstić information content (AvgIpc) is 3.57. The molecule has 0 spiro atoms. The zero-order valence-electron chi connectivity index (χ0n) is 23.5. The van der Waals surface area contributed by atoms with Crippen LogP contribution in [-0.4, -0.2) is 19.7 Å². The highest BCUT2D eigenvalue weighted by Gasteiger charge is 2.43. The van der Waals surface area contributed by atoms with Gasteiger partial charge in [-0.25, -0.2) is 13.5 Å². The normalized spacial score (nSPS) is 14.8.